The minimum atomic E-state index is -0.226. The van der Waals surface area contributed by atoms with Crippen LogP contribution in [0.2, 0.25) is 0 Å². The first-order chi connectivity index (χ1) is 8.19. The van der Waals surface area contributed by atoms with Crippen molar-refractivity contribution in [2.75, 3.05) is 25.4 Å². The molecule has 0 aliphatic carbocycles. The van der Waals surface area contributed by atoms with Gasteiger partial charge in [-0.25, -0.2) is 4.39 Å². The van der Waals surface area contributed by atoms with Crippen molar-refractivity contribution in [1.82, 2.24) is 4.90 Å². The number of halogens is 1. The zero-order valence-corrected chi connectivity index (χ0v) is 9.90. The minimum absolute atomic E-state index is 0.226. The van der Waals surface area contributed by atoms with Gasteiger partial charge in [0.2, 0.25) is 0 Å². The maximum atomic E-state index is 13.6. The Kier molecular flexibility index (Phi) is 3.97. The molecular formula is C13H19FN2O. The van der Waals surface area contributed by atoms with Gasteiger partial charge in [-0.3, -0.25) is 4.90 Å². The van der Waals surface area contributed by atoms with Gasteiger partial charge in [0.15, 0.2) is 0 Å². The lowest BCUT2D eigenvalue weighted by molar-refractivity contribution is 0.248. The summed E-state index contributed by atoms with van der Waals surface area (Å²) in [5, 5.41) is 8.88. The number of aliphatic hydroxyl groups excluding tert-OH is 1. The zero-order chi connectivity index (χ0) is 12.3. The Bertz CT molecular complexity index is 384. The van der Waals surface area contributed by atoms with Crippen LogP contribution in [0.1, 0.15) is 18.4 Å². The van der Waals surface area contributed by atoms with Crippen molar-refractivity contribution in [3.63, 3.8) is 0 Å². The highest BCUT2D eigenvalue weighted by Gasteiger charge is 2.22. The van der Waals surface area contributed by atoms with Crippen LogP contribution in [0.4, 0.5) is 10.1 Å². The average Bonchev–Trinajstić information content (AvgIpc) is 2.71. The predicted octanol–water partition coefficient (Wildman–Crippen LogP) is 1.61. The molecule has 1 aromatic rings. The van der Waals surface area contributed by atoms with Crippen molar-refractivity contribution in [2.45, 2.75) is 19.4 Å². The highest BCUT2D eigenvalue weighted by Crippen LogP contribution is 2.22. The number of benzene rings is 1. The molecule has 0 amide bonds. The first kappa shape index (κ1) is 12.3. The summed E-state index contributed by atoms with van der Waals surface area (Å²) in [5.74, 6) is 0.326. The summed E-state index contributed by atoms with van der Waals surface area (Å²) in [6.07, 6.45) is 1.94. The first-order valence-corrected chi connectivity index (χ1v) is 6.06. The van der Waals surface area contributed by atoms with Crippen molar-refractivity contribution in [2.24, 2.45) is 5.92 Å². The van der Waals surface area contributed by atoms with Crippen LogP contribution in [0, 0.1) is 11.7 Å². The van der Waals surface area contributed by atoms with Crippen LogP contribution < -0.4 is 5.73 Å². The number of aliphatic hydroxyl groups is 1. The number of nitrogens with zero attached hydrogens (tertiary/aromatic N) is 1. The minimum Gasteiger partial charge on any atom is -0.399 e. The Hall–Kier alpha value is -1.13. The van der Waals surface area contributed by atoms with E-state index < -0.39 is 0 Å². The van der Waals surface area contributed by atoms with Crippen molar-refractivity contribution in [3.8, 4) is 0 Å². The monoisotopic (exact) mass is 238 g/mol. The highest BCUT2D eigenvalue weighted by molar-refractivity contribution is 5.40. The molecule has 1 aromatic carbocycles. The molecule has 2 rings (SSSR count). The molecular weight excluding hydrogens is 219 g/mol. The molecule has 3 N–H and O–H groups in total. The predicted molar refractivity (Wildman–Crippen MR) is 65.9 cm³/mol. The van der Waals surface area contributed by atoms with Gasteiger partial charge in [0.25, 0.3) is 0 Å². The normalized spacial score (nSPS) is 20.9. The fraction of sp³-hybridized carbons (Fsp3) is 0.538. The van der Waals surface area contributed by atoms with Crippen LogP contribution in [0.25, 0.3) is 0 Å². The van der Waals surface area contributed by atoms with Crippen LogP contribution in [-0.2, 0) is 6.54 Å². The van der Waals surface area contributed by atoms with Gasteiger partial charge in [-0.15, -0.1) is 0 Å². The van der Waals surface area contributed by atoms with E-state index in [1.54, 1.807) is 12.1 Å². The van der Waals surface area contributed by atoms with E-state index in [1.165, 1.54) is 6.07 Å². The quantitative estimate of drug-likeness (QED) is 0.784. The average molecular weight is 238 g/mol. The molecule has 1 aliphatic heterocycles. The first-order valence-electron chi connectivity index (χ1n) is 6.06. The lowest BCUT2D eigenvalue weighted by atomic mass is 10.1. The molecule has 0 bridgehead atoms. The van der Waals surface area contributed by atoms with E-state index >= 15 is 0 Å². The number of rotatable bonds is 4. The summed E-state index contributed by atoms with van der Waals surface area (Å²) < 4.78 is 13.6. The molecule has 1 fully saturated rings. The van der Waals surface area contributed by atoms with E-state index in [2.05, 4.69) is 4.90 Å². The lowest BCUT2D eigenvalue weighted by Gasteiger charge is -2.16. The van der Waals surface area contributed by atoms with Crippen molar-refractivity contribution in [3.05, 3.63) is 29.6 Å². The summed E-state index contributed by atoms with van der Waals surface area (Å²) in [5.41, 5.74) is 6.68. The number of hydrogen-bond acceptors (Lipinski definition) is 3. The van der Waals surface area contributed by atoms with Gasteiger partial charge in [-0.05, 0) is 37.4 Å². The third-order valence-corrected chi connectivity index (χ3v) is 3.38. The lowest BCUT2D eigenvalue weighted by Crippen LogP contribution is -2.21. The summed E-state index contributed by atoms with van der Waals surface area (Å²) in [7, 11) is 0. The van der Waals surface area contributed by atoms with Crippen LogP contribution in [0.3, 0.4) is 0 Å². The number of anilines is 1. The maximum absolute atomic E-state index is 13.6. The summed E-state index contributed by atoms with van der Waals surface area (Å²) in [6, 6.07) is 4.86. The molecule has 17 heavy (non-hydrogen) atoms. The molecule has 1 unspecified atom stereocenters. The fourth-order valence-corrected chi connectivity index (χ4v) is 2.41. The molecule has 94 valence electrons. The number of nitrogens with two attached hydrogens (primary N) is 1. The Morgan fingerprint density at radius 3 is 3.00 bits per heavy atom. The maximum Gasteiger partial charge on any atom is 0.129 e. The van der Waals surface area contributed by atoms with E-state index in [9.17, 15) is 4.39 Å². The second-order valence-corrected chi connectivity index (χ2v) is 4.75. The largest absolute Gasteiger partial charge is 0.399 e. The van der Waals surface area contributed by atoms with Gasteiger partial charge in [0, 0.05) is 30.9 Å². The Balaban J connectivity index is 1.93. The molecule has 0 spiro atoms. The Morgan fingerprint density at radius 1 is 1.47 bits per heavy atom. The van der Waals surface area contributed by atoms with Gasteiger partial charge < -0.3 is 10.8 Å². The van der Waals surface area contributed by atoms with E-state index in [0.29, 0.717) is 23.7 Å². The third kappa shape index (κ3) is 3.17. The van der Waals surface area contributed by atoms with Crippen molar-refractivity contribution < 1.29 is 9.50 Å². The molecule has 4 heteroatoms. The molecule has 1 atom stereocenters. The zero-order valence-electron chi connectivity index (χ0n) is 9.90. The third-order valence-electron chi connectivity index (χ3n) is 3.38. The van der Waals surface area contributed by atoms with Crippen LogP contribution in [-0.4, -0.2) is 29.7 Å². The topological polar surface area (TPSA) is 49.5 Å². The Labute approximate surface area is 101 Å². The van der Waals surface area contributed by atoms with E-state index in [4.69, 9.17) is 10.8 Å². The van der Waals surface area contributed by atoms with E-state index in [0.717, 1.165) is 25.9 Å². The number of likely N-dealkylation sites (tertiary alicyclic amines) is 1. The van der Waals surface area contributed by atoms with Gasteiger partial charge in [-0.2, -0.15) is 0 Å². The Morgan fingerprint density at radius 2 is 2.29 bits per heavy atom. The highest BCUT2D eigenvalue weighted by atomic mass is 19.1. The van der Waals surface area contributed by atoms with Gasteiger partial charge in [0.1, 0.15) is 5.82 Å². The SMILES string of the molecule is Nc1ccc(CN2CCC(CCO)C2)c(F)c1. The van der Waals surface area contributed by atoms with Crippen LogP contribution in [0.5, 0.6) is 0 Å². The molecule has 0 saturated carbocycles. The van der Waals surface area contributed by atoms with Crippen molar-refractivity contribution in [1.29, 1.82) is 0 Å². The van der Waals surface area contributed by atoms with Gasteiger partial charge >= 0.3 is 0 Å². The van der Waals surface area contributed by atoms with Crippen LogP contribution in [0.15, 0.2) is 18.2 Å². The molecule has 1 heterocycles. The van der Waals surface area contributed by atoms with E-state index in [1.807, 2.05) is 0 Å². The van der Waals surface area contributed by atoms with Gasteiger partial charge in [-0.1, -0.05) is 6.07 Å². The second kappa shape index (κ2) is 5.47. The second-order valence-electron chi connectivity index (χ2n) is 4.75. The van der Waals surface area contributed by atoms with E-state index in [-0.39, 0.29) is 12.4 Å². The molecule has 1 aliphatic rings. The molecule has 0 aromatic heterocycles. The van der Waals surface area contributed by atoms with Gasteiger partial charge in [0.05, 0.1) is 0 Å². The smallest absolute Gasteiger partial charge is 0.129 e. The van der Waals surface area contributed by atoms with Crippen LogP contribution >= 0.6 is 0 Å². The summed E-state index contributed by atoms with van der Waals surface area (Å²) >= 11 is 0. The molecule has 1 saturated heterocycles. The molecule has 0 radical (unpaired) electrons. The number of nitrogen functional groups attached to an aromatic ring is 1. The summed E-state index contributed by atoms with van der Waals surface area (Å²) in [4.78, 5) is 2.23. The van der Waals surface area contributed by atoms with Crippen molar-refractivity contribution >= 4 is 5.69 Å². The summed E-state index contributed by atoms with van der Waals surface area (Å²) in [6.45, 7) is 2.81. The number of hydrogen-bond donors (Lipinski definition) is 2. The molecule has 3 nitrogen and oxygen atoms in total. The fourth-order valence-electron chi connectivity index (χ4n) is 2.41. The standard InChI is InChI=1S/C13H19FN2O/c14-13-7-12(15)2-1-11(13)9-16-5-3-10(8-16)4-6-17/h1-2,7,10,17H,3-6,8-9,15H2.